The van der Waals surface area contributed by atoms with E-state index in [1.165, 1.54) is 0 Å². The number of hydrogen-bond acceptors (Lipinski definition) is 3. The highest BCUT2D eigenvalue weighted by Gasteiger charge is 2.28. The number of piperazine rings is 1. The van der Waals surface area contributed by atoms with Crippen LogP contribution in [0, 0.1) is 0 Å². The summed E-state index contributed by atoms with van der Waals surface area (Å²) in [5.74, 6) is 0.430. The third-order valence-corrected chi connectivity index (χ3v) is 4.33. The van der Waals surface area contributed by atoms with Gasteiger partial charge in [0.25, 0.3) is 0 Å². The summed E-state index contributed by atoms with van der Waals surface area (Å²) in [5, 5.41) is 10.1. The zero-order valence-corrected chi connectivity index (χ0v) is 12.3. The van der Waals surface area contributed by atoms with Gasteiger partial charge in [-0.3, -0.25) is 9.80 Å². The summed E-state index contributed by atoms with van der Waals surface area (Å²) in [6.45, 7) is 11.2. The van der Waals surface area contributed by atoms with E-state index in [1.54, 1.807) is 6.07 Å². The lowest BCUT2D eigenvalue weighted by molar-refractivity contribution is 0.0562. The fourth-order valence-corrected chi connectivity index (χ4v) is 3.22. The van der Waals surface area contributed by atoms with Gasteiger partial charge in [0.15, 0.2) is 0 Å². The monoisotopic (exact) mass is 262 g/mol. The van der Waals surface area contributed by atoms with Crippen molar-refractivity contribution in [3.05, 3.63) is 29.8 Å². The maximum Gasteiger partial charge on any atom is 0.120 e. The number of rotatable bonds is 4. The molecule has 1 aromatic carbocycles. The van der Waals surface area contributed by atoms with Crippen LogP contribution < -0.4 is 0 Å². The van der Waals surface area contributed by atoms with E-state index in [4.69, 9.17) is 0 Å². The first-order chi connectivity index (χ1) is 9.17. The molecule has 1 saturated heterocycles. The number of phenols is 1. The molecular weight excluding hydrogens is 236 g/mol. The molecule has 0 radical (unpaired) electrons. The summed E-state index contributed by atoms with van der Waals surface area (Å²) < 4.78 is 0. The molecule has 19 heavy (non-hydrogen) atoms. The zero-order valence-electron chi connectivity index (χ0n) is 12.3. The quantitative estimate of drug-likeness (QED) is 0.904. The third-order valence-electron chi connectivity index (χ3n) is 4.33. The molecule has 1 heterocycles. The van der Waals surface area contributed by atoms with Gasteiger partial charge in [-0.05, 0) is 26.0 Å². The van der Waals surface area contributed by atoms with Crippen LogP contribution in [0.25, 0.3) is 0 Å². The smallest absolute Gasteiger partial charge is 0.120 e. The van der Waals surface area contributed by atoms with Crippen LogP contribution in [0.1, 0.15) is 38.8 Å². The van der Waals surface area contributed by atoms with E-state index in [0.29, 0.717) is 17.8 Å². The minimum absolute atomic E-state index is 0.336. The summed E-state index contributed by atoms with van der Waals surface area (Å²) in [6.07, 6.45) is 1.04. The van der Waals surface area contributed by atoms with Crippen LogP contribution in [-0.2, 0) is 0 Å². The van der Waals surface area contributed by atoms with Gasteiger partial charge in [-0.1, -0.05) is 32.0 Å². The highest BCUT2D eigenvalue weighted by Crippen LogP contribution is 2.32. The van der Waals surface area contributed by atoms with E-state index in [0.717, 1.165) is 38.2 Å². The number of benzene rings is 1. The Hall–Kier alpha value is -1.06. The van der Waals surface area contributed by atoms with Crippen molar-refractivity contribution in [2.24, 2.45) is 0 Å². The highest BCUT2D eigenvalue weighted by molar-refractivity contribution is 5.34. The van der Waals surface area contributed by atoms with Gasteiger partial charge in [0, 0.05) is 37.3 Å². The van der Waals surface area contributed by atoms with Crippen molar-refractivity contribution < 1.29 is 5.11 Å². The fourth-order valence-electron chi connectivity index (χ4n) is 3.22. The lowest BCUT2D eigenvalue weighted by Crippen LogP contribution is -2.52. The molecule has 0 aromatic heterocycles. The van der Waals surface area contributed by atoms with Gasteiger partial charge in [-0.25, -0.2) is 0 Å². The first-order valence-corrected chi connectivity index (χ1v) is 7.43. The van der Waals surface area contributed by atoms with Gasteiger partial charge in [0.1, 0.15) is 5.75 Å². The van der Waals surface area contributed by atoms with Gasteiger partial charge < -0.3 is 5.11 Å². The molecule has 1 aromatic rings. The predicted molar refractivity (Wildman–Crippen MR) is 79.4 cm³/mol. The molecule has 3 nitrogen and oxygen atoms in total. The molecule has 1 aliphatic heterocycles. The van der Waals surface area contributed by atoms with E-state index < -0.39 is 0 Å². The van der Waals surface area contributed by atoms with Crippen molar-refractivity contribution >= 4 is 0 Å². The zero-order chi connectivity index (χ0) is 13.8. The molecule has 0 saturated carbocycles. The molecule has 1 N–H and O–H groups in total. The predicted octanol–water partition coefficient (Wildman–Crippen LogP) is 2.87. The molecular formula is C16H26N2O. The molecule has 1 aliphatic rings. The number of aromatic hydroxyl groups is 1. The summed E-state index contributed by atoms with van der Waals surface area (Å²) in [5.41, 5.74) is 1.07. The lowest BCUT2D eigenvalue weighted by atomic mass is 9.99. The molecule has 0 bridgehead atoms. The Morgan fingerprint density at radius 3 is 2.58 bits per heavy atom. The summed E-state index contributed by atoms with van der Waals surface area (Å²) in [6, 6.07) is 8.69. The largest absolute Gasteiger partial charge is 0.508 e. The van der Waals surface area contributed by atoms with Gasteiger partial charge >= 0.3 is 0 Å². The van der Waals surface area contributed by atoms with Crippen LogP contribution >= 0.6 is 0 Å². The van der Waals surface area contributed by atoms with Gasteiger partial charge in [-0.15, -0.1) is 0 Å². The van der Waals surface area contributed by atoms with Crippen LogP contribution in [-0.4, -0.2) is 47.1 Å². The molecule has 0 amide bonds. The van der Waals surface area contributed by atoms with Crippen LogP contribution in [0.5, 0.6) is 5.75 Å². The molecule has 106 valence electrons. The van der Waals surface area contributed by atoms with Crippen molar-refractivity contribution in [3.8, 4) is 5.75 Å². The minimum atomic E-state index is 0.336. The Labute approximate surface area is 116 Å². The van der Waals surface area contributed by atoms with Crippen molar-refractivity contribution in [1.29, 1.82) is 0 Å². The second-order valence-corrected chi connectivity index (χ2v) is 5.46. The Bertz CT molecular complexity index is 407. The lowest BCUT2D eigenvalue weighted by Gasteiger charge is -2.43. The topological polar surface area (TPSA) is 26.7 Å². The van der Waals surface area contributed by atoms with Crippen LogP contribution in [0.2, 0.25) is 0 Å². The molecule has 0 spiro atoms. The van der Waals surface area contributed by atoms with Crippen LogP contribution in [0.15, 0.2) is 24.3 Å². The fraction of sp³-hybridized carbons (Fsp3) is 0.625. The van der Waals surface area contributed by atoms with Crippen molar-refractivity contribution in [2.45, 2.75) is 39.3 Å². The number of para-hydroxylation sites is 1. The first kappa shape index (κ1) is 14.4. The van der Waals surface area contributed by atoms with Crippen LogP contribution in [0.4, 0.5) is 0 Å². The Balaban J connectivity index is 2.13. The summed E-state index contributed by atoms with van der Waals surface area (Å²) in [4.78, 5) is 5.04. The molecule has 3 heteroatoms. The van der Waals surface area contributed by atoms with Crippen LogP contribution in [0.3, 0.4) is 0 Å². The number of nitrogens with zero attached hydrogens (tertiary/aromatic N) is 2. The minimum Gasteiger partial charge on any atom is -0.508 e. The molecule has 2 rings (SSSR count). The SMILES string of the molecule is CCC(c1ccccc1O)N1CCN(CC)C(C)C1. The molecule has 2 unspecified atom stereocenters. The summed E-state index contributed by atoms with van der Waals surface area (Å²) in [7, 11) is 0. The van der Waals surface area contributed by atoms with E-state index >= 15 is 0 Å². The van der Waals surface area contributed by atoms with Gasteiger partial charge in [0.05, 0.1) is 0 Å². The second kappa shape index (κ2) is 6.40. The first-order valence-electron chi connectivity index (χ1n) is 7.43. The van der Waals surface area contributed by atoms with Gasteiger partial charge in [-0.2, -0.15) is 0 Å². The van der Waals surface area contributed by atoms with E-state index in [-0.39, 0.29) is 0 Å². The summed E-state index contributed by atoms with van der Waals surface area (Å²) >= 11 is 0. The van der Waals surface area contributed by atoms with Gasteiger partial charge in [0.2, 0.25) is 0 Å². The second-order valence-electron chi connectivity index (χ2n) is 5.46. The standard InChI is InChI=1S/C16H26N2O/c1-4-15(14-8-6-7-9-16(14)19)18-11-10-17(5-2)13(3)12-18/h6-9,13,15,19H,4-5,10-12H2,1-3H3. The third kappa shape index (κ3) is 3.10. The average Bonchev–Trinajstić information content (AvgIpc) is 2.42. The van der Waals surface area contributed by atoms with E-state index in [9.17, 15) is 5.11 Å². The van der Waals surface area contributed by atoms with Crippen molar-refractivity contribution in [3.63, 3.8) is 0 Å². The molecule has 2 atom stereocenters. The highest BCUT2D eigenvalue weighted by atomic mass is 16.3. The molecule has 1 fully saturated rings. The number of hydrogen-bond donors (Lipinski definition) is 1. The Morgan fingerprint density at radius 2 is 2.00 bits per heavy atom. The normalized spacial score (nSPS) is 23.4. The Morgan fingerprint density at radius 1 is 1.26 bits per heavy atom. The average molecular weight is 262 g/mol. The van der Waals surface area contributed by atoms with Crippen molar-refractivity contribution in [1.82, 2.24) is 9.80 Å². The maximum absolute atomic E-state index is 10.1. The van der Waals surface area contributed by atoms with Crippen molar-refractivity contribution in [2.75, 3.05) is 26.2 Å². The molecule has 0 aliphatic carbocycles. The number of likely N-dealkylation sites (N-methyl/N-ethyl adjacent to an activating group) is 1. The van der Waals surface area contributed by atoms with E-state index in [2.05, 4.69) is 36.6 Å². The van der Waals surface area contributed by atoms with E-state index in [1.807, 2.05) is 12.1 Å². The Kier molecular flexibility index (Phi) is 4.83. The maximum atomic E-state index is 10.1. The number of phenolic OH excluding ortho intramolecular Hbond substituents is 1.